The predicted octanol–water partition coefficient (Wildman–Crippen LogP) is 4.52. The van der Waals surface area contributed by atoms with Gasteiger partial charge in [0.1, 0.15) is 22.8 Å². The second-order valence-corrected chi connectivity index (χ2v) is 7.34. The number of halogens is 2. The molecule has 0 aliphatic carbocycles. The minimum atomic E-state index is -0.784. The third kappa shape index (κ3) is 3.66. The van der Waals surface area contributed by atoms with Crippen molar-refractivity contribution in [2.75, 3.05) is 5.32 Å². The molecule has 0 bridgehead atoms. The maximum Gasteiger partial charge on any atom is 0.349 e. The highest BCUT2D eigenvalue weighted by atomic mass is 79.9. The van der Waals surface area contributed by atoms with Gasteiger partial charge in [0.2, 0.25) is 0 Å². The van der Waals surface area contributed by atoms with Crippen LogP contribution in [0.15, 0.2) is 68.4 Å². The second kappa shape index (κ2) is 7.54. The van der Waals surface area contributed by atoms with Gasteiger partial charge >= 0.3 is 5.63 Å². The van der Waals surface area contributed by atoms with Crippen LogP contribution < -0.4 is 10.9 Å². The Morgan fingerprint density at radius 3 is 2.69 bits per heavy atom. The van der Waals surface area contributed by atoms with Crippen molar-refractivity contribution < 1.29 is 9.21 Å². The van der Waals surface area contributed by atoms with Crippen molar-refractivity contribution in [2.45, 2.75) is 0 Å². The van der Waals surface area contributed by atoms with Gasteiger partial charge in [0.25, 0.3) is 5.91 Å². The Morgan fingerprint density at radius 2 is 1.97 bits per heavy atom. The van der Waals surface area contributed by atoms with E-state index < -0.39 is 11.5 Å². The lowest BCUT2D eigenvalue weighted by atomic mass is 10.2. The maximum absolute atomic E-state index is 12.8. The number of rotatable bonds is 3. The number of hydrogen-bond acceptors (Lipinski definition) is 5. The summed E-state index contributed by atoms with van der Waals surface area (Å²) in [4.78, 5) is 25.1. The van der Waals surface area contributed by atoms with Gasteiger partial charge in [0, 0.05) is 14.9 Å². The number of carbonyl (C=O) groups is 1. The molecule has 4 aromatic rings. The zero-order chi connectivity index (χ0) is 20.5. The third-order valence-electron chi connectivity index (χ3n) is 4.13. The number of hydrogen-bond donors (Lipinski definition) is 1. The molecule has 0 saturated heterocycles. The van der Waals surface area contributed by atoms with Gasteiger partial charge in [0.05, 0.1) is 11.9 Å². The first-order valence-corrected chi connectivity index (χ1v) is 9.42. The van der Waals surface area contributed by atoms with E-state index >= 15 is 0 Å². The normalized spacial score (nSPS) is 10.7. The molecule has 142 valence electrons. The standard InChI is InChI=1S/C20H10BrClN4O3/c21-13-1-6-17-11(7-13)8-16(20(28)29-17)19(27)25-18-12(9-23)10-24-26(18)15-4-2-14(22)3-5-15/h1-8,10H,(H,25,27). The monoisotopic (exact) mass is 468 g/mol. The van der Waals surface area contributed by atoms with Crippen molar-refractivity contribution in [3.05, 3.63) is 85.8 Å². The van der Waals surface area contributed by atoms with Crippen LogP contribution in [0.4, 0.5) is 5.82 Å². The quantitative estimate of drug-likeness (QED) is 0.445. The Bertz CT molecular complexity index is 1350. The number of amides is 1. The summed E-state index contributed by atoms with van der Waals surface area (Å²) in [6.07, 6.45) is 1.32. The Balaban J connectivity index is 1.76. The van der Waals surface area contributed by atoms with Gasteiger partial charge in [-0.3, -0.25) is 4.79 Å². The number of carbonyl (C=O) groups excluding carboxylic acids is 1. The van der Waals surface area contributed by atoms with E-state index in [-0.39, 0.29) is 16.9 Å². The summed E-state index contributed by atoms with van der Waals surface area (Å²) >= 11 is 9.25. The molecule has 2 aromatic heterocycles. The molecular weight excluding hydrogens is 460 g/mol. The number of nitrogens with one attached hydrogen (secondary N) is 1. The van der Waals surface area contributed by atoms with Crippen LogP contribution in [0.2, 0.25) is 5.02 Å². The number of nitriles is 1. The molecule has 0 aliphatic rings. The summed E-state index contributed by atoms with van der Waals surface area (Å²) in [6, 6.07) is 15.2. The molecule has 7 nitrogen and oxygen atoms in total. The summed E-state index contributed by atoms with van der Waals surface area (Å²) in [5.74, 6) is -0.582. The van der Waals surface area contributed by atoms with E-state index in [9.17, 15) is 14.9 Å². The minimum Gasteiger partial charge on any atom is -0.422 e. The fraction of sp³-hybridized carbons (Fsp3) is 0. The summed E-state index contributed by atoms with van der Waals surface area (Å²) in [5.41, 5.74) is 0.109. The van der Waals surface area contributed by atoms with Gasteiger partial charge in [-0.1, -0.05) is 27.5 Å². The number of aromatic nitrogens is 2. The van der Waals surface area contributed by atoms with E-state index in [1.54, 1.807) is 42.5 Å². The van der Waals surface area contributed by atoms with Crippen molar-refractivity contribution >= 4 is 50.2 Å². The van der Waals surface area contributed by atoms with Crippen LogP contribution in [-0.2, 0) is 0 Å². The SMILES string of the molecule is N#Cc1cnn(-c2ccc(Cl)cc2)c1NC(=O)c1cc2cc(Br)ccc2oc1=O. The number of anilines is 1. The molecule has 29 heavy (non-hydrogen) atoms. The first kappa shape index (κ1) is 18.9. The fourth-order valence-corrected chi connectivity index (χ4v) is 3.26. The molecule has 0 atom stereocenters. The molecule has 9 heteroatoms. The zero-order valence-corrected chi connectivity index (χ0v) is 16.9. The van der Waals surface area contributed by atoms with Crippen LogP contribution in [0.1, 0.15) is 15.9 Å². The molecule has 0 saturated carbocycles. The molecule has 0 unspecified atom stereocenters. The first-order chi connectivity index (χ1) is 14.0. The highest BCUT2D eigenvalue weighted by molar-refractivity contribution is 9.10. The second-order valence-electron chi connectivity index (χ2n) is 5.99. The summed E-state index contributed by atoms with van der Waals surface area (Å²) in [6.45, 7) is 0. The van der Waals surface area contributed by atoms with E-state index in [1.807, 2.05) is 6.07 Å². The first-order valence-electron chi connectivity index (χ1n) is 8.25. The van der Waals surface area contributed by atoms with Crippen LogP contribution >= 0.6 is 27.5 Å². The Kier molecular flexibility index (Phi) is 4.92. The van der Waals surface area contributed by atoms with Crippen LogP contribution in [0.3, 0.4) is 0 Å². The molecule has 2 heterocycles. The lowest BCUT2D eigenvalue weighted by molar-refractivity contribution is 0.102. The molecule has 0 radical (unpaired) electrons. The smallest absolute Gasteiger partial charge is 0.349 e. The van der Waals surface area contributed by atoms with Gasteiger partial charge in [-0.25, -0.2) is 9.48 Å². The highest BCUT2D eigenvalue weighted by Gasteiger charge is 2.19. The van der Waals surface area contributed by atoms with E-state index in [0.29, 0.717) is 21.7 Å². The minimum absolute atomic E-state index is 0.133. The van der Waals surface area contributed by atoms with Crippen LogP contribution in [-0.4, -0.2) is 15.7 Å². The largest absolute Gasteiger partial charge is 0.422 e. The van der Waals surface area contributed by atoms with E-state index in [2.05, 4.69) is 26.3 Å². The van der Waals surface area contributed by atoms with Crippen molar-refractivity contribution in [3.63, 3.8) is 0 Å². The predicted molar refractivity (Wildman–Crippen MR) is 111 cm³/mol. The number of fused-ring (bicyclic) bond motifs is 1. The van der Waals surface area contributed by atoms with E-state index in [4.69, 9.17) is 16.0 Å². The summed E-state index contributed by atoms with van der Waals surface area (Å²) < 4.78 is 7.39. The topological polar surface area (TPSA) is 101 Å². The number of nitrogens with zero attached hydrogens (tertiary/aromatic N) is 3. The number of benzene rings is 2. The van der Waals surface area contributed by atoms with Crippen LogP contribution in [0, 0.1) is 11.3 Å². The average Bonchev–Trinajstić information content (AvgIpc) is 3.10. The fourth-order valence-electron chi connectivity index (χ4n) is 2.76. The molecule has 4 rings (SSSR count). The van der Waals surface area contributed by atoms with Gasteiger partial charge in [-0.05, 0) is 48.5 Å². The van der Waals surface area contributed by atoms with Crippen LogP contribution in [0.5, 0.6) is 0 Å². The van der Waals surface area contributed by atoms with Crippen molar-refractivity contribution in [3.8, 4) is 11.8 Å². The Labute approximate surface area is 177 Å². The molecule has 0 fully saturated rings. The van der Waals surface area contributed by atoms with Crippen molar-refractivity contribution in [2.24, 2.45) is 0 Å². The average molecular weight is 470 g/mol. The van der Waals surface area contributed by atoms with E-state index in [0.717, 1.165) is 4.47 Å². The molecular formula is C20H10BrClN4O3. The van der Waals surface area contributed by atoms with Gasteiger partial charge in [0.15, 0.2) is 5.82 Å². The molecule has 1 N–H and O–H groups in total. The maximum atomic E-state index is 12.8. The highest BCUT2D eigenvalue weighted by Crippen LogP contribution is 2.23. The summed E-state index contributed by atoms with van der Waals surface area (Å²) in [7, 11) is 0. The van der Waals surface area contributed by atoms with Crippen molar-refractivity contribution in [1.29, 1.82) is 5.26 Å². The van der Waals surface area contributed by atoms with Gasteiger partial charge in [-0.2, -0.15) is 10.4 Å². The third-order valence-corrected chi connectivity index (χ3v) is 4.88. The van der Waals surface area contributed by atoms with Gasteiger partial charge < -0.3 is 9.73 Å². The Hall–Kier alpha value is -3.41. The van der Waals surface area contributed by atoms with E-state index in [1.165, 1.54) is 16.9 Å². The molecule has 2 aromatic carbocycles. The lowest BCUT2D eigenvalue weighted by Crippen LogP contribution is -2.22. The van der Waals surface area contributed by atoms with Crippen molar-refractivity contribution in [1.82, 2.24) is 9.78 Å². The lowest BCUT2D eigenvalue weighted by Gasteiger charge is -2.10. The summed E-state index contributed by atoms with van der Waals surface area (Å²) in [5, 5.41) is 17.2. The van der Waals surface area contributed by atoms with Gasteiger partial charge in [-0.15, -0.1) is 0 Å². The molecule has 1 amide bonds. The van der Waals surface area contributed by atoms with Crippen LogP contribution in [0.25, 0.3) is 16.7 Å². The molecule has 0 spiro atoms. The Morgan fingerprint density at radius 1 is 1.21 bits per heavy atom. The molecule has 0 aliphatic heterocycles. The zero-order valence-electron chi connectivity index (χ0n) is 14.5.